The fraction of sp³-hybridized carbons (Fsp3) is 0.636. The van der Waals surface area contributed by atoms with Gasteiger partial charge in [-0.25, -0.2) is 4.79 Å². The average molecular weight is 420 g/mol. The quantitative estimate of drug-likeness (QED) is 0.543. The highest BCUT2D eigenvalue weighted by Crippen LogP contribution is 2.23. The SMILES string of the molecule is COc1ccc(NC(=O)N[C@@H]2CC[C@@H](CC(=O)NC3CCCCC3)O[C@H]2CO)cc1. The van der Waals surface area contributed by atoms with Crippen molar-refractivity contribution in [1.82, 2.24) is 10.6 Å². The molecule has 1 aliphatic carbocycles. The molecule has 4 N–H and O–H groups in total. The average Bonchev–Trinajstić information content (AvgIpc) is 2.76. The van der Waals surface area contributed by atoms with Gasteiger partial charge in [0.15, 0.2) is 0 Å². The lowest BCUT2D eigenvalue weighted by molar-refractivity contribution is -0.131. The summed E-state index contributed by atoms with van der Waals surface area (Å²) in [6.45, 7) is -0.214. The van der Waals surface area contributed by atoms with Crippen LogP contribution in [0.25, 0.3) is 0 Å². The number of aliphatic hydroxyl groups excluding tert-OH is 1. The number of rotatable bonds is 7. The van der Waals surface area contributed by atoms with E-state index in [1.807, 2.05) is 0 Å². The molecule has 1 aromatic carbocycles. The molecule has 0 bridgehead atoms. The molecule has 30 heavy (non-hydrogen) atoms. The number of urea groups is 1. The van der Waals surface area contributed by atoms with Crippen LogP contribution in [0.4, 0.5) is 10.5 Å². The van der Waals surface area contributed by atoms with Gasteiger partial charge in [-0.3, -0.25) is 4.79 Å². The Hall–Kier alpha value is -2.32. The summed E-state index contributed by atoms with van der Waals surface area (Å²) in [6, 6.07) is 6.63. The van der Waals surface area contributed by atoms with Crippen LogP contribution >= 0.6 is 0 Å². The summed E-state index contributed by atoms with van der Waals surface area (Å²) in [6.07, 6.45) is 6.49. The molecule has 0 unspecified atom stereocenters. The van der Waals surface area contributed by atoms with Crippen LogP contribution in [0.15, 0.2) is 24.3 Å². The van der Waals surface area contributed by atoms with Crippen LogP contribution < -0.4 is 20.7 Å². The Kier molecular flexibility index (Phi) is 8.33. The number of methoxy groups -OCH3 is 1. The summed E-state index contributed by atoms with van der Waals surface area (Å²) >= 11 is 0. The Labute approximate surface area is 177 Å². The van der Waals surface area contributed by atoms with Gasteiger partial charge in [0.2, 0.25) is 5.91 Å². The molecule has 1 saturated heterocycles. The minimum atomic E-state index is -0.534. The number of carbonyl (C=O) groups excluding carboxylic acids is 2. The lowest BCUT2D eigenvalue weighted by atomic mass is 9.94. The molecule has 3 amide bonds. The first-order valence-corrected chi connectivity index (χ1v) is 10.8. The van der Waals surface area contributed by atoms with Gasteiger partial charge in [0.1, 0.15) is 11.9 Å². The van der Waals surface area contributed by atoms with Gasteiger partial charge in [0.05, 0.1) is 32.3 Å². The van der Waals surface area contributed by atoms with E-state index >= 15 is 0 Å². The predicted octanol–water partition coefficient (Wildman–Crippen LogP) is 2.56. The summed E-state index contributed by atoms with van der Waals surface area (Å²) in [5, 5.41) is 18.5. The standard InChI is InChI=1S/C22H33N3O5/c1-29-17-9-7-16(8-10-17)24-22(28)25-19-12-11-18(30-20(19)14-26)13-21(27)23-15-5-3-2-4-6-15/h7-10,15,18-20,26H,2-6,11-14H2,1H3,(H,23,27)(H2,24,25,28)/t18-,19+,20-/m0/s1. The fourth-order valence-corrected chi connectivity index (χ4v) is 4.20. The van der Waals surface area contributed by atoms with Crippen LogP contribution in [0.3, 0.4) is 0 Å². The number of carbonyl (C=O) groups is 2. The molecule has 1 saturated carbocycles. The summed E-state index contributed by atoms with van der Waals surface area (Å²) in [5.41, 5.74) is 0.642. The van der Waals surface area contributed by atoms with Crippen molar-refractivity contribution in [3.63, 3.8) is 0 Å². The first kappa shape index (κ1) is 22.4. The molecule has 1 aromatic rings. The third-order valence-electron chi connectivity index (χ3n) is 5.84. The van der Waals surface area contributed by atoms with Crippen molar-refractivity contribution in [3.05, 3.63) is 24.3 Å². The highest BCUT2D eigenvalue weighted by molar-refractivity contribution is 5.89. The van der Waals surface area contributed by atoms with Crippen LogP contribution in [-0.2, 0) is 9.53 Å². The lowest BCUT2D eigenvalue weighted by Gasteiger charge is -2.36. The molecule has 1 heterocycles. The van der Waals surface area contributed by atoms with Crippen molar-refractivity contribution < 1.29 is 24.2 Å². The molecule has 3 rings (SSSR count). The molecule has 0 radical (unpaired) electrons. The van der Waals surface area contributed by atoms with Crippen molar-refractivity contribution in [2.45, 2.75) is 75.7 Å². The monoisotopic (exact) mass is 419 g/mol. The second kappa shape index (κ2) is 11.2. The molecule has 8 nitrogen and oxygen atoms in total. The van der Waals surface area contributed by atoms with Gasteiger partial charge >= 0.3 is 6.03 Å². The van der Waals surface area contributed by atoms with E-state index in [2.05, 4.69) is 16.0 Å². The number of hydrogen-bond acceptors (Lipinski definition) is 5. The summed E-state index contributed by atoms with van der Waals surface area (Å²) in [4.78, 5) is 24.7. The zero-order chi connectivity index (χ0) is 21.3. The Morgan fingerprint density at radius 3 is 2.47 bits per heavy atom. The van der Waals surface area contributed by atoms with E-state index in [1.165, 1.54) is 19.3 Å². The molecule has 2 fully saturated rings. The second-order valence-electron chi connectivity index (χ2n) is 8.10. The van der Waals surface area contributed by atoms with Crippen LogP contribution in [0.5, 0.6) is 5.75 Å². The first-order chi connectivity index (χ1) is 14.6. The van der Waals surface area contributed by atoms with E-state index in [1.54, 1.807) is 31.4 Å². The molecule has 1 aliphatic heterocycles. The zero-order valence-electron chi connectivity index (χ0n) is 17.6. The Morgan fingerprint density at radius 2 is 1.80 bits per heavy atom. The molecular weight excluding hydrogens is 386 g/mol. The smallest absolute Gasteiger partial charge is 0.319 e. The number of nitrogens with one attached hydrogen (secondary N) is 3. The van der Waals surface area contributed by atoms with E-state index in [-0.39, 0.29) is 43.2 Å². The van der Waals surface area contributed by atoms with Crippen LogP contribution in [0.2, 0.25) is 0 Å². The third-order valence-corrected chi connectivity index (χ3v) is 5.84. The maximum absolute atomic E-state index is 12.3. The number of aliphatic hydroxyl groups is 1. The van der Waals surface area contributed by atoms with Crippen LogP contribution in [0.1, 0.15) is 51.4 Å². The van der Waals surface area contributed by atoms with Gasteiger partial charge in [-0.05, 0) is 49.9 Å². The van der Waals surface area contributed by atoms with Gasteiger partial charge in [0.25, 0.3) is 0 Å². The maximum Gasteiger partial charge on any atom is 0.319 e. The Bertz CT molecular complexity index is 691. The normalized spacial score (nSPS) is 24.7. The second-order valence-corrected chi connectivity index (χ2v) is 8.10. The van der Waals surface area contributed by atoms with Crippen LogP contribution in [0, 0.1) is 0 Å². The van der Waals surface area contributed by atoms with Crippen molar-refractivity contribution in [2.24, 2.45) is 0 Å². The number of benzene rings is 1. The van der Waals surface area contributed by atoms with Crippen molar-refractivity contribution >= 4 is 17.6 Å². The number of hydrogen-bond donors (Lipinski definition) is 4. The zero-order valence-corrected chi connectivity index (χ0v) is 17.6. The molecule has 8 heteroatoms. The first-order valence-electron chi connectivity index (χ1n) is 10.8. The van der Waals surface area contributed by atoms with Gasteiger partial charge in [-0.1, -0.05) is 19.3 Å². The maximum atomic E-state index is 12.3. The van der Waals surface area contributed by atoms with Crippen LogP contribution in [-0.4, -0.2) is 55.1 Å². The molecule has 2 aliphatic rings. The molecule has 3 atom stereocenters. The molecule has 166 valence electrons. The van der Waals surface area contributed by atoms with Gasteiger partial charge < -0.3 is 30.5 Å². The van der Waals surface area contributed by atoms with Gasteiger partial charge in [-0.2, -0.15) is 0 Å². The fourth-order valence-electron chi connectivity index (χ4n) is 4.20. The highest BCUT2D eigenvalue weighted by atomic mass is 16.5. The number of anilines is 1. The molecule has 0 spiro atoms. The van der Waals surface area contributed by atoms with E-state index in [0.29, 0.717) is 24.3 Å². The van der Waals surface area contributed by atoms with E-state index in [0.717, 1.165) is 12.8 Å². The molecular formula is C22H33N3O5. The van der Waals surface area contributed by atoms with Gasteiger partial charge in [-0.15, -0.1) is 0 Å². The Balaban J connectivity index is 1.43. The third kappa shape index (κ3) is 6.60. The minimum Gasteiger partial charge on any atom is -0.497 e. The summed E-state index contributed by atoms with van der Waals surface area (Å²) in [5.74, 6) is 0.716. The van der Waals surface area contributed by atoms with Crippen molar-refractivity contribution in [1.29, 1.82) is 0 Å². The summed E-state index contributed by atoms with van der Waals surface area (Å²) < 4.78 is 11.0. The Morgan fingerprint density at radius 1 is 1.07 bits per heavy atom. The number of ether oxygens (including phenoxy) is 2. The van der Waals surface area contributed by atoms with E-state index in [9.17, 15) is 14.7 Å². The van der Waals surface area contributed by atoms with E-state index < -0.39 is 6.10 Å². The topological polar surface area (TPSA) is 109 Å². The highest BCUT2D eigenvalue weighted by Gasteiger charge is 2.33. The minimum absolute atomic E-state index is 0.00671. The summed E-state index contributed by atoms with van der Waals surface area (Å²) in [7, 11) is 1.58. The lowest BCUT2D eigenvalue weighted by Crippen LogP contribution is -2.52. The van der Waals surface area contributed by atoms with Crippen molar-refractivity contribution in [3.8, 4) is 5.75 Å². The molecule has 0 aromatic heterocycles. The van der Waals surface area contributed by atoms with E-state index in [4.69, 9.17) is 9.47 Å². The number of amides is 3. The predicted molar refractivity (Wildman–Crippen MR) is 114 cm³/mol. The largest absolute Gasteiger partial charge is 0.497 e. The van der Waals surface area contributed by atoms with Crippen molar-refractivity contribution in [2.75, 3.05) is 19.0 Å². The van der Waals surface area contributed by atoms with Gasteiger partial charge in [0, 0.05) is 11.7 Å².